The summed E-state index contributed by atoms with van der Waals surface area (Å²) in [4.78, 5) is 8.39. The third-order valence-electron chi connectivity index (χ3n) is 3.10. The van der Waals surface area contributed by atoms with Crippen molar-refractivity contribution in [2.24, 2.45) is 0 Å². The van der Waals surface area contributed by atoms with Gasteiger partial charge < -0.3 is 10.8 Å². The fourth-order valence-electron chi connectivity index (χ4n) is 2.27. The lowest BCUT2D eigenvalue weighted by atomic mass is 9.72. The van der Waals surface area contributed by atoms with E-state index in [0.717, 1.165) is 0 Å². The summed E-state index contributed by atoms with van der Waals surface area (Å²) in [6.45, 7) is -2.37. The number of imidazole rings is 1. The third kappa shape index (κ3) is 1.63. The first-order valence-electron chi connectivity index (χ1n) is 6.73. The topological polar surface area (TPSA) is 76.4 Å². The molecule has 2 aromatic heterocycles. The van der Waals surface area contributed by atoms with E-state index in [1.54, 1.807) is 16.8 Å². The number of aromatic nitrogens is 3. The zero-order chi connectivity index (χ0) is 14.7. The maximum Gasteiger partial charge on any atom is 0.150 e. The van der Waals surface area contributed by atoms with E-state index >= 15 is 0 Å². The number of fused-ring (bicyclic) bond motifs is 1. The monoisotopic (exact) mass is 299 g/mol. The van der Waals surface area contributed by atoms with E-state index in [-0.39, 0.29) is 18.8 Å². The lowest BCUT2D eigenvalue weighted by molar-refractivity contribution is -0.0335. The minimum Gasteiger partial charge on any atom is -0.390 e. The second kappa shape index (κ2) is 3.43. The van der Waals surface area contributed by atoms with Gasteiger partial charge in [-0.25, -0.2) is 9.97 Å². The van der Waals surface area contributed by atoms with Crippen molar-refractivity contribution in [3.63, 3.8) is 0 Å². The molecule has 0 spiro atoms. The van der Waals surface area contributed by atoms with Crippen LogP contribution >= 0.6 is 15.9 Å². The lowest BCUT2D eigenvalue weighted by Gasteiger charge is -2.40. The van der Waals surface area contributed by atoms with Gasteiger partial charge in [-0.05, 0) is 35.6 Å². The Bertz CT molecular complexity index is 678. The first-order valence-corrected chi connectivity index (χ1v) is 6.02. The molecule has 17 heavy (non-hydrogen) atoms. The SMILES string of the molecule is [2H]C([2H])([2H])[C@]1(O)C[C@@H](c2nc(Br)c3c(N)nccn32)C1. The number of hydrogen-bond acceptors (Lipinski definition) is 4. The third-order valence-corrected chi connectivity index (χ3v) is 3.65. The largest absolute Gasteiger partial charge is 0.390 e. The number of halogens is 1. The van der Waals surface area contributed by atoms with Gasteiger partial charge in [0.2, 0.25) is 0 Å². The molecule has 3 rings (SSSR count). The van der Waals surface area contributed by atoms with E-state index in [1.165, 1.54) is 0 Å². The molecule has 90 valence electrons. The van der Waals surface area contributed by atoms with Crippen LogP contribution in [-0.2, 0) is 0 Å². The molecule has 3 N–H and O–H groups in total. The van der Waals surface area contributed by atoms with Crippen LogP contribution in [0.25, 0.3) is 5.52 Å². The van der Waals surface area contributed by atoms with Crippen LogP contribution in [0.4, 0.5) is 5.82 Å². The molecule has 1 aliphatic carbocycles. The molecule has 0 aromatic carbocycles. The van der Waals surface area contributed by atoms with Gasteiger partial charge in [-0.2, -0.15) is 0 Å². The molecule has 0 radical (unpaired) electrons. The second-order valence-electron chi connectivity index (χ2n) is 4.43. The van der Waals surface area contributed by atoms with Crippen molar-refractivity contribution < 1.29 is 9.22 Å². The average Bonchev–Trinajstić information content (AvgIpc) is 2.62. The zero-order valence-electron chi connectivity index (χ0n) is 11.9. The van der Waals surface area contributed by atoms with Crippen LogP contribution < -0.4 is 5.73 Å². The predicted octanol–water partition coefficient (Wildman–Crippen LogP) is 1.70. The van der Waals surface area contributed by atoms with Crippen molar-refractivity contribution in [3.05, 3.63) is 22.8 Å². The van der Waals surface area contributed by atoms with Gasteiger partial charge in [0.25, 0.3) is 0 Å². The molecule has 0 bridgehead atoms. The molecule has 2 heterocycles. The summed E-state index contributed by atoms with van der Waals surface area (Å²) in [5.41, 5.74) is 4.85. The van der Waals surface area contributed by atoms with E-state index in [2.05, 4.69) is 25.9 Å². The van der Waals surface area contributed by atoms with E-state index in [4.69, 9.17) is 9.85 Å². The van der Waals surface area contributed by atoms with Crippen molar-refractivity contribution in [1.29, 1.82) is 0 Å². The molecule has 5 nitrogen and oxygen atoms in total. The Morgan fingerprint density at radius 2 is 2.47 bits per heavy atom. The summed E-state index contributed by atoms with van der Waals surface area (Å²) in [5.74, 6) is 0.930. The standard InChI is InChI=1S/C11H13BrN4O/c1-11(17)4-6(5-11)10-15-8(12)7-9(13)14-2-3-16(7)10/h2-3,6,17H,4-5H2,1H3,(H2,13,14)/t6-,11+/i1D3. The number of nitrogens with zero attached hydrogens (tertiary/aromatic N) is 3. The lowest BCUT2D eigenvalue weighted by Crippen LogP contribution is -2.40. The molecular formula is C11H13BrN4O. The van der Waals surface area contributed by atoms with Crippen molar-refractivity contribution in [2.45, 2.75) is 31.2 Å². The van der Waals surface area contributed by atoms with Gasteiger partial charge in [0, 0.05) is 22.4 Å². The second-order valence-corrected chi connectivity index (χ2v) is 5.18. The maximum absolute atomic E-state index is 10.1. The predicted molar refractivity (Wildman–Crippen MR) is 67.7 cm³/mol. The highest BCUT2D eigenvalue weighted by molar-refractivity contribution is 9.10. The Hall–Kier alpha value is -1.14. The minimum absolute atomic E-state index is 0.110. The highest BCUT2D eigenvalue weighted by Crippen LogP contribution is 2.44. The van der Waals surface area contributed by atoms with Gasteiger partial charge in [0.1, 0.15) is 15.9 Å². The highest BCUT2D eigenvalue weighted by atomic mass is 79.9. The summed E-state index contributed by atoms with van der Waals surface area (Å²) in [7, 11) is 0. The molecule has 6 heteroatoms. The molecule has 1 aliphatic rings. The fourth-order valence-corrected chi connectivity index (χ4v) is 2.84. The summed E-state index contributed by atoms with van der Waals surface area (Å²) in [5, 5.41) is 10.1. The molecule has 0 atom stereocenters. The summed E-state index contributed by atoms with van der Waals surface area (Å²) < 4.78 is 24.4. The number of nitrogen functional groups attached to an aromatic ring is 1. The highest BCUT2D eigenvalue weighted by Gasteiger charge is 2.41. The Morgan fingerprint density at radius 1 is 1.71 bits per heavy atom. The molecule has 1 fully saturated rings. The Labute approximate surface area is 111 Å². The maximum atomic E-state index is 10.1. The van der Waals surface area contributed by atoms with Crippen LogP contribution in [0.15, 0.2) is 17.0 Å². The molecule has 2 aromatic rings. The summed E-state index contributed by atoms with van der Waals surface area (Å²) in [6, 6.07) is 0. The Morgan fingerprint density at radius 3 is 3.18 bits per heavy atom. The quantitative estimate of drug-likeness (QED) is 0.840. The number of anilines is 1. The van der Waals surface area contributed by atoms with E-state index in [0.29, 0.717) is 21.8 Å². The van der Waals surface area contributed by atoms with Gasteiger partial charge in [0.15, 0.2) is 5.82 Å². The summed E-state index contributed by atoms with van der Waals surface area (Å²) >= 11 is 3.33. The molecule has 1 saturated carbocycles. The first-order chi connectivity index (χ1) is 9.23. The van der Waals surface area contributed by atoms with Crippen LogP contribution in [-0.4, -0.2) is 25.1 Å². The van der Waals surface area contributed by atoms with Gasteiger partial charge in [-0.1, -0.05) is 0 Å². The van der Waals surface area contributed by atoms with Gasteiger partial charge >= 0.3 is 0 Å². The Balaban J connectivity index is 1.97. The molecular weight excluding hydrogens is 284 g/mol. The first kappa shape index (κ1) is 8.05. The Kier molecular flexibility index (Phi) is 1.62. The molecule has 0 saturated heterocycles. The average molecular weight is 300 g/mol. The number of rotatable bonds is 1. The van der Waals surface area contributed by atoms with Gasteiger partial charge in [-0.3, -0.25) is 4.40 Å². The number of hydrogen-bond donors (Lipinski definition) is 2. The smallest absolute Gasteiger partial charge is 0.150 e. The fraction of sp³-hybridized carbons (Fsp3) is 0.455. The van der Waals surface area contributed by atoms with Crippen LogP contribution in [0.1, 0.15) is 35.5 Å². The van der Waals surface area contributed by atoms with Crippen molar-refractivity contribution in [2.75, 3.05) is 5.73 Å². The molecule has 0 unspecified atom stereocenters. The zero-order valence-corrected chi connectivity index (χ0v) is 10.5. The van der Waals surface area contributed by atoms with Crippen LogP contribution in [0.3, 0.4) is 0 Å². The van der Waals surface area contributed by atoms with E-state index in [9.17, 15) is 5.11 Å². The van der Waals surface area contributed by atoms with E-state index < -0.39 is 12.5 Å². The summed E-state index contributed by atoms with van der Waals surface area (Å²) in [6.07, 6.45) is 3.62. The van der Waals surface area contributed by atoms with Crippen LogP contribution in [0.5, 0.6) is 0 Å². The van der Waals surface area contributed by atoms with Crippen LogP contribution in [0.2, 0.25) is 0 Å². The normalized spacial score (nSPS) is 31.6. The number of nitrogens with two attached hydrogens (primary N) is 1. The van der Waals surface area contributed by atoms with Crippen molar-refractivity contribution in [3.8, 4) is 0 Å². The van der Waals surface area contributed by atoms with Crippen molar-refractivity contribution >= 4 is 27.3 Å². The van der Waals surface area contributed by atoms with E-state index in [1.807, 2.05) is 0 Å². The molecule has 0 amide bonds. The number of aliphatic hydroxyl groups is 1. The van der Waals surface area contributed by atoms with Gasteiger partial charge in [0.05, 0.1) is 5.60 Å². The molecule has 0 aliphatic heterocycles. The van der Waals surface area contributed by atoms with Gasteiger partial charge in [-0.15, -0.1) is 0 Å². The van der Waals surface area contributed by atoms with Crippen molar-refractivity contribution in [1.82, 2.24) is 14.4 Å². The minimum atomic E-state index is -2.37. The van der Waals surface area contributed by atoms with Crippen LogP contribution in [0, 0.1) is 0 Å².